The second-order valence-corrected chi connectivity index (χ2v) is 5.30. The fourth-order valence-electron chi connectivity index (χ4n) is 2.29. The lowest BCUT2D eigenvalue weighted by molar-refractivity contribution is -0.159. The highest BCUT2D eigenvalue weighted by Crippen LogP contribution is 2.21. The molecule has 2 atom stereocenters. The summed E-state index contributed by atoms with van der Waals surface area (Å²) in [5, 5.41) is 0. The number of morpholine rings is 1. The number of amides is 1. The molecular weight excluding hydrogens is 204 g/mol. The number of hydrogen-bond donors (Lipinski definition) is 1. The van der Waals surface area contributed by atoms with E-state index in [1.807, 2.05) is 32.6 Å². The lowest BCUT2D eigenvalue weighted by Gasteiger charge is -2.42. The molecule has 0 radical (unpaired) electrons. The third-order valence-electron chi connectivity index (χ3n) is 2.80. The zero-order valence-corrected chi connectivity index (χ0v) is 10.8. The number of carbonyl (C=O) groups excluding carboxylic acids is 1. The molecule has 4 heteroatoms. The van der Waals surface area contributed by atoms with Crippen molar-refractivity contribution >= 4 is 5.91 Å². The number of nitrogens with zero attached hydrogens (tertiary/aromatic N) is 1. The van der Waals surface area contributed by atoms with Crippen molar-refractivity contribution in [1.29, 1.82) is 0 Å². The van der Waals surface area contributed by atoms with E-state index >= 15 is 0 Å². The Balaban J connectivity index is 2.62. The number of hydrogen-bond acceptors (Lipinski definition) is 3. The van der Waals surface area contributed by atoms with E-state index in [0.29, 0.717) is 13.1 Å². The zero-order chi connectivity index (χ0) is 12.3. The van der Waals surface area contributed by atoms with Gasteiger partial charge in [0.05, 0.1) is 17.7 Å². The van der Waals surface area contributed by atoms with Crippen LogP contribution < -0.4 is 5.73 Å². The molecule has 0 aliphatic carbocycles. The fourth-order valence-corrected chi connectivity index (χ4v) is 2.29. The van der Waals surface area contributed by atoms with Crippen molar-refractivity contribution in [2.75, 3.05) is 13.1 Å². The molecule has 94 valence electrons. The largest absolute Gasteiger partial charge is 0.369 e. The van der Waals surface area contributed by atoms with Crippen molar-refractivity contribution in [2.45, 2.75) is 58.3 Å². The lowest BCUT2D eigenvalue weighted by atomic mass is 10.0. The van der Waals surface area contributed by atoms with Gasteiger partial charge in [0.25, 0.3) is 0 Å². The van der Waals surface area contributed by atoms with Crippen LogP contribution in [-0.2, 0) is 9.53 Å². The summed E-state index contributed by atoms with van der Waals surface area (Å²) in [7, 11) is 0. The highest BCUT2D eigenvalue weighted by molar-refractivity contribution is 5.81. The molecule has 1 fully saturated rings. The standard InChI is InChI=1S/C12H24N2O2/c1-5-6-10(13)11(15)14-7-9(2)16-12(3,4)8-14/h9-10H,5-8,13H2,1-4H3. The van der Waals surface area contributed by atoms with Crippen molar-refractivity contribution in [3.8, 4) is 0 Å². The molecule has 2 unspecified atom stereocenters. The summed E-state index contributed by atoms with van der Waals surface area (Å²) in [5.74, 6) is 0.0603. The van der Waals surface area contributed by atoms with Crippen LogP contribution in [0.5, 0.6) is 0 Å². The first-order chi connectivity index (χ1) is 7.35. The van der Waals surface area contributed by atoms with Crippen LogP contribution in [-0.4, -0.2) is 41.6 Å². The average Bonchev–Trinajstić information content (AvgIpc) is 2.13. The maximum atomic E-state index is 12.1. The Hall–Kier alpha value is -0.610. The third kappa shape index (κ3) is 3.46. The minimum absolute atomic E-state index is 0.0603. The van der Waals surface area contributed by atoms with Crippen molar-refractivity contribution < 1.29 is 9.53 Å². The molecular formula is C12H24N2O2. The fraction of sp³-hybridized carbons (Fsp3) is 0.917. The van der Waals surface area contributed by atoms with Gasteiger partial charge in [-0.05, 0) is 27.2 Å². The van der Waals surface area contributed by atoms with Gasteiger partial charge in [0, 0.05) is 13.1 Å². The Morgan fingerprint density at radius 3 is 2.75 bits per heavy atom. The summed E-state index contributed by atoms with van der Waals surface area (Å²) < 4.78 is 5.76. The Bertz CT molecular complexity index is 253. The van der Waals surface area contributed by atoms with E-state index in [4.69, 9.17) is 10.5 Å². The zero-order valence-electron chi connectivity index (χ0n) is 10.8. The van der Waals surface area contributed by atoms with Gasteiger partial charge in [-0.3, -0.25) is 4.79 Å². The van der Waals surface area contributed by atoms with Gasteiger partial charge in [-0.1, -0.05) is 13.3 Å². The van der Waals surface area contributed by atoms with E-state index in [1.54, 1.807) is 0 Å². The van der Waals surface area contributed by atoms with Gasteiger partial charge >= 0.3 is 0 Å². The van der Waals surface area contributed by atoms with Gasteiger partial charge in [-0.25, -0.2) is 0 Å². The van der Waals surface area contributed by atoms with Crippen LogP contribution >= 0.6 is 0 Å². The number of carbonyl (C=O) groups is 1. The monoisotopic (exact) mass is 228 g/mol. The molecule has 16 heavy (non-hydrogen) atoms. The van der Waals surface area contributed by atoms with Gasteiger partial charge in [-0.2, -0.15) is 0 Å². The molecule has 0 aromatic heterocycles. The van der Waals surface area contributed by atoms with E-state index in [-0.39, 0.29) is 23.7 Å². The van der Waals surface area contributed by atoms with Crippen LogP contribution in [0.2, 0.25) is 0 Å². The molecule has 0 saturated carbocycles. The van der Waals surface area contributed by atoms with E-state index < -0.39 is 0 Å². The highest BCUT2D eigenvalue weighted by Gasteiger charge is 2.34. The predicted molar refractivity (Wildman–Crippen MR) is 64.1 cm³/mol. The summed E-state index contributed by atoms with van der Waals surface area (Å²) in [6.45, 7) is 9.33. The number of nitrogens with two attached hydrogens (primary N) is 1. The molecule has 1 aliphatic heterocycles. The molecule has 1 rings (SSSR count). The summed E-state index contributed by atoms with van der Waals surface area (Å²) in [5.41, 5.74) is 5.60. The van der Waals surface area contributed by atoms with Crippen molar-refractivity contribution in [3.63, 3.8) is 0 Å². The molecule has 0 bridgehead atoms. The molecule has 2 N–H and O–H groups in total. The lowest BCUT2D eigenvalue weighted by Crippen LogP contribution is -2.57. The minimum atomic E-state index is -0.355. The van der Waals surface area contributed by atoms with Gasteiger partial charge < -0.3 is 15.4 Å². The Morgan fingerprint density at radius 2 is 2.25 bits per heavy atom. The average molecular weight is 228 g/mol. The first-order valence-electron chi connectivity index (χ1n) is 6.08. The minimum Gasteiger partial charge on any atom is -0.369 e. The summed E-state index contributed by atoms with van der Waals surface area (Å²) in [6, 6.07) is -0.355. The smallest absolute Gasteiger partial charge is 0.239 e. The first kappa shape index (κ1) is 13.5. The maximum absolute atomic E-state index is 12.1. The van der Waals surface area contributed by atoms with Crippen molar-refractivity contribution in [1.82, 2.24) is 4.90 Å². The Labute approximate surface area is 98.1 Å². The van der Waals surface area contributed by atoms with Crippen LogP contribution in [0.1, 0.15) is 40.5 Å². The van der Waals surface area contributed by atoms with Crippen LogP contribution in [0.3, 0.4) is 0 Å². The number of ether oxygens (including phenoxy) is 1. The van der Waals surface area contributed by atoms with E-state index in [0.717, 1.165) is 12.8 Å². The third-order valence-corrected chi connectivity index (χ3v) is 2.80. The SMILES string of the molecule is CCCC(N)C(=O)N1CC(C)OC(C)(C)C1. The van der Waals surface area contributed by atoms with Crippen LogP contribution in [0.25, 0.3) is 0 Å². The molecule has 1 heterocycles. The van der Waals surface area contributed by atoms with E-state index in [9.17, 15) is 4.79 Å². The van der Waals surface area contributed by atoms with Gasteiger partial charge in [0.15, 0.2) is 0 Å². The Kier molecular flexibility index (Phi) is 4.33. The summed E-state index contributed by atoms with van der Waals surface area (Å²) >= 11 is 0. The molecule has 0 aromatic carbocycles. The topological polar surface area (TPSA) is 55.6 Å². The Morgan fingerprint density at radius 1 is 1.62 bits per heavy atom. The van der Waals surface area contributed by atoms with Crippen LogP contribution in [0, 0.1) is 0 Å². The number of rotatable bonds is 3. The second kappa shape index (κ2) is 5.15. The molecule has 1 amide bonds. The maximum Gasteiger partial charge on any atom is 0.239 e. The molecule has 0 aromatic rings. The summed E-state index contributed by atoms with van der Waals surface area (Å²) in [4.78, 5) is 13.9. The van der Waals surface area contributed by atoms with Crippen LogP contribution in [0.15, 0.2) is 0 Å². The van der Waals surface area contributed by atoms with E-state index in [1.165, 1.54) is 0 Å². The molecule has 1 aliphatic rings. The first-order valence-corrected chi connectivity index (χ1v) is 6.08. The predicted octanol–water partition coefficient (Wildman–Crippen LogP) is 1.14. The normalized spacial score (nSPS) is 26.6. The molecule has 4 nitrogen and oxygen atoms in total. The van der Waals surface area contributed by atoms with E-state index in [2.05, 4.69) is 0 Å². The summed E-state index contributed by atoms with van der Waals surface area (Å²) in [6.07, 6.45) is 1.78. The molecule has 0 spiro atoms. The van der Waals surface area contributed by atoms with Crippen LogP contribution in [0.4, 0.5) is 0 Å². The van der Waals surface area contributed by atoms with Gasteiger partial charge in [-0.15, -0.1) is 0 Å². The van der Waals surface area contributed by atoms with Crippen molar-refractivity contribution in [2.24, 2.45) is 5.73 Å². The highest BCUT2D eigenvalue weighted by atomic mass is 16.5. The van der Waals surface area contributed by atoms with Crippen molar-refractivity contribution in [3.05, 3.63) is 0 Å². The second-order valence-electron chi connectivity index (χ2n) is 5.30. The van der Waals surface area contributed by atoms with Gasteiger partial charge in [0.2, 0.25) is 5.91 Å². The van der Waals surface area contributed by atoms with Gasteiger partial charge in [0.1, 0.15) is 0 Å². The molecule has 1 saturated heterocycles. The quantitative estimate of drug-likeness (QED) is 0.788.